The molecule has 1 aliphatic heterocycles. The van der Waals surface area contributed by atoms with E-state index in [1.165, 1.54) is 11.1 Å². The SMILES string of the molecule is CC1CC(C)SC(Nc2ccc(-c3ccccc3)cc2)=N1. The van der Waals surface area contributed by atoms with Gasteiger partial charge in [0.2, 0.25) is 0 Å². The van der Waals surface area contributed by atoms with Crippen LogP contribution in [0.3, 0.4) is 0 Å². The van der Waals surface area contributed by atoms with E-state index in [-0.39, 0.29) is 0 Å². The predicted molar refractivity (Wildman–Crippen MR) is 94.1 cm³/mol. The molecule has 1 heterocycles. The summed E-state index contributed by atoms with van der Waals surface area (Å²) < 4.78 is 0. The third kappa shape index (κ3) is 3.67. The summed E-state index contributed by atoms with van der Waals surface area (Å²) in [6, 6.07) is 19.4. The first-order valence-electron chi connectivity index (χ1n) is 7.37. The second-order valence-corrected chi connectivity index (χ2v) is 6.94. The van der Waals surface area contributed by atoms with Crippen LogP contribution in [0.1, 0.15) is 20.3 Å². The van der Waals surface area contributed by atoms with Crippen LogP contribution in [-0.4, -0.2) is 16.5 Å². The number of hydrogen-bond acceptors (Lipinski definition) is 3. The van der Waals surface area contributed by atoms with Gasteiger partial charge in [0.25, 0.3) is 0 Å². The van der Waals surface area contributed by atoms with Gasteiger partial charge in [-0.15, -0.1) is 0 Å². The molecule has 0 bridgehead atoms. The maximum Gasteiger partial charge on any atom is 0.161 e. The van der Waals surface area contributed by atoms with E-state index in [4.69, 9.17) is 0 Å². The van der Waals surface area contributed by atoms with Crippen LogP contribution in [0.15, 0.2) is 59.6 Å². The standard InChI is InChI=1S/C18H20N2S/c1-13-12-14(2)21-18(19-13)20-17-10-8-16(9-11-17)15-6-4-3-5-7-15/h3-11,13-14H,12H2,1-2H3,(H,19,20). The summed E-state index contributed by atoms with van der Waals surface area (Å²) in [5.74, 6) is 0. The van der Waals surface area contributed by atoms with Gasteiger partial charge in [-0.05, 0) is 36.6 Å². The Morgan fingerprint density at radius 3 is 2.29 bits per heavy atom. The van der Waals surface area contributed by atoms with Crippen LogP contribution in [0.5, 0.6) is 0 Å². The zero-order valence-electron chi connectivity index (χ0n) is 12.4. The molecule has 2 aromatic rings. The molecule has 2 nitrogen and oxygen atoms in total. The van der Waals surface area contributed by atoms with Crippen molar-refractivity contribution in [2.45, 2.75) is 31.6 Å². The lowest BCUT2D eigenvalue weighted by molar-refractivity contribution is 0.661. The van der Waals surface area contributed by atoms with Gasteiger partial charge in [-0.2, -0.15) is 0 Å². The second kappa shape index (κ2) is 6.35. The van der Waals surface area contributed by atoms with Crippen molar-refractivity contribution >= 4 is 22.6 Å². The van der Waals surface area contributed by atoms with E-state index < -0.39 is 0 Å². The minimum absolute atomic E-state index is 0.410. The average molecular weight is 296 g/mol. The molecule has 0 saturated carbocycles. The molecule has 0 fully saturated rings. The first-order chi connectivity index (χ1) is 10.2. The number of hydrogen-bond donors (Lipinski definition) is 1. The van der Waals surface area contributed by atoms with Crippen LogP contribution < -0.4 is 5.32 Å². The molecule has 2 atom stereocenters. The van der Waals surface area contributed by atoms with E-state index in [9.17, 15) is 0 Å². The van der Waals surface area contributed by atoms with Gasteiger partial charge in [0.1, 0.15) is 0 Å². The molecule has 21 heavy (non-hydrogen) atoms. The molecule has 1 N–H and O–H groups in total. The van der Waals surface area contributed by atoms with Crippen LogP contribution in [0.2, 0.25) is 0 Å². The van der Waals surface area contributed by atoms with Crippen molar-refractivity contribution in [3.05, 3.63) is 54.6 Å². The molecule has 108 valence electrons. The number of thioether (sulfide) groups is 1. The highest BCUT2D eigenvalue weighted by atomic mass is 32.2. The fourth-order valence-corrected chi connectivity index (χ4v) is 3.74. The number of nitrogens with zero attached hydrogens (tertiary/aromatic N) is 1. The first kappa shape index (κ1) is 14.2. The second-order valence-electron chi connectivity index (χ2n) is 5.52. The number of rotatable bonds is 2. The lowest BCUT2D eigenvalue weighted by Gasteiger charge is -2.23. The fraction of sp³-hybridized carbons (Fsp3) is 0.278. The van der Waals surface area contributed by atoms with Crippen LogP contribution in [0.25, 0.3) is 11.1 Å². The van der Waals surface area contributed by atoms with Gasteiger partial charge in [-0.1, -0.05) is 61.2 Å². The molecule has 1 aliphatic rings. The van der Waals surface area contributed by atoms with Gasteiger partial charge >= 0.3 is 0 Å². The third-order valence-electron chi connectivity index (χ3n) is 3.57. The molecular weight excluding hydrogens is 276 g/mol. The Labute approximate surface area is 130 Å². The maximum atomic E-state index is 4.68. The van der Waals surface area contributed by atoms with Crippen LogP contribution in [0.4, 0.5) is 5.69 Å². The van der Waals surface area contributed by atoms with Crippen molar-refractivity contribution in [3.8, 4) is 11.1 Å². The topological polar surface area (TPSA) is 24.4 Å². The van der Waals surface area contributed by atoms with Crippen molar-refractivity contribution in [1.82, 2.24) is 0 Å². The molecule has 0 amide bonds. The van der Waals surface area contributed by atoms with E-state index in [0.29, 0.717) is 11.3 Å². The molecule has 0 radical (unpaired) electrons. The smallest absolute Gasteiger partial charge is 0.161 e. The highest BCUT2D eigenvalue weighted by Gasteiger charge is 2.18. The predicted octanol–water partition coefficient (Wildman–Crippen LogP) is 5.04. The summed E-state index contributed by atoms with van der Waals surface area (Å²) in [5, 5.41) is 5.10. The van der Waals surface area contributed by atoms with Crippen LogP contribution >= 0.6 is 11.8 Å². The summed E-state index contributed by atoms with van der Waals surface area (Å²) in [6.07, 6.45) is 1.16. The molecule has 0 spiro atoms. The number of benzene rings is 2. The molecule has 0 saturated heterocycles. The van der Waals surface area contributed by atoms with Crippen molar-refractivity contribution in [3.63, 3.8) is 0 Å². The van der Waals surface area contributed by atoms with Gasteiger partial charge in [0.15, 0.2) is 5.17 Å². The van der Waals surface area contributed by atoms with Gasteiger partial charge < -0.3 is 5.32 Å². The van der Waals surface area contributed by atoms with E-state index in [2.05, 4.69) is 72.7 Å². The van der Waals surface area contributed by atoms with Gasteiger partial charge in [0, 0.05) is 10.9 Å². The van der Waals surface area contributed by atoms with Gasteiger partial charge in [0.05, 0.1) is 6.04 Å². The van der Waals surface area contributed by atoms with Crippen LogP contribution in [-0.2, 0) is 0 Å². The Kier molecular flexibility index (Phi) is 4.30. The summed E-state index contributed by atoms with van der Waals surface area (Å²) in [5.41, 5.74) is 3.58. The molecule has 0 aliphatic carbocycles. The number of nitrogens with one attached hydrogen (secondary N) is 1. The Hall–Kier alpha value is -1.74. The average Bonchev–Trinajstić information content (AvgIpc) is 2.48. The molecule has 0 aromatic heterocycles. The Balaban J connectivity index is 1.73. The number of aliphatic imine (C=N–C) groups is 1. The Bertz CT molecular complexity index is 619. The molecule has 2 aromatic carbocycles. The van der Waals surface area contributed by atoms with Crippen molar-refractivity contribution in [2.24, 2.45) is 4.99 Å². The molecular formula is C18H20N2S. The molecule has 3 heteroatoms. The lowest BCUT2D eigenvalue weighted by atomic mass is 10.1. The minimum atomic E-state index is 0.410. The largest absolute Gasteiger partial charge is 0.335 e. The van der Waals surface area contributed by atoms with E-state index in [1.54, 1.807) is 0 Å². The van der Waals surface area contributed by atoms with Crippen molar-refractivity contribution in [2.75, 3.05) is 5.32 Å². The van der Waals surface area contributed by atoms with Gasteiger partial charge in [-0.3, -0.25) is 4.99 Å². The monoisotopic (exact) mass is 296 g/mol. The molecule has 3 rings (SSSR count). The normalized spacial score (nSPS) is 21.7. The van der Waals surface area contributed by atoms with Crippen LogP contribution in [0, 0.1) is 0 Å². The molecule has 2 unspecified atom stereocenters. The summed E-state index contributed by atoms with van der Waals surface area (Å²) in [4.78, 5) is 4.68. The Morgan fingerprint density at radius 2 is 1.62 bits per heavy atom. The fourth-order valence-electron chi connectivity index (χ4n) is 2.56. The van der Waals surface area contributed by atoms with Gasteiger partial charge in [-0.25, -0.2) is 0 Å². The summed E-state index contributed by atoms with van der Waals surface area (Å²) in [7, 11) is 0. The maximum absolute atomic E-state index is 4.68. The highest BCUT2D eigenvalue weighted by Crippen LogP contribution is 2.27. The zero-order chi connectivity index (χ0) is 14.7. The van der Waals surface area contributed by atoms with Crippen molar-refractivity contribution < 1.29 is 0 Å². The lowest BCUT2D eigenvalue weighted by Crippen LogP contribution is -2.22. The number of amidine groups is 1. The zero-order valence-corrected chi connectivity index (χ0v) is 13.2. The quantitative estimate of drug-likeness (QED) is 0.840. The summed E-state index contributed by atoms with van der Waals surface area (Å²) in [6.45, 7) is 4.44. The van der Waals surface area contributed by atoms with E-state index in [0.717, 1.165) is 17.3 Å². The van der Waals surface area contributed by atoms with Crippen molar-refractivity contribution in [1.29, 1.82) is 0 Å². The number of anilines is 1. The first-order valence-corrected chi connectivity index (χ1v) is 8.25. The van der Waals surface area contributed by atoms with E-state index >= 15 is 0 Å². The van der Waals surface area contributed by atoms with E-state index in [1.807, 2.05) is 17.8 Å². The highest BCUT2D eigenvalue weighted by molar-refractivity contribution is 8.14. The third-order valence-corrected chi connectivity index (χ3v) is 4.59. The minimum Gasteiger partial charge on any atom is -0.335 e. The summed E-state index contributed by atoms with van der Waals surface area (Å²) >= 11 is 1.82. The Morgan fingerprint density at radius 1 is 0.952 bits per heavy atom.